The van der Waals surface area contributed by atoms with E-state index in [2.05, 4.69) is 41.9 Å². The maximum absolute atomic E-state index is 14.1. The van der Waals surface area contributed by atoms with Gasteiger partial charge in [-0.1, -0.05) is 28.1 Å². The predicted molar refractivity (Wildman–Crippen MR) is 158 cm³/mol. The maximum atomic E-state index is 14.1. The standard InChI is InChI=1S/C29H36BrN7O4/c1-29(2,3)41-28(40)32-17-19-4-8-21(9-5-19)27(39)37(23-14-10-20(11-15-23)26-33-35-36-34-26)24(25(31)38)16-18-6-12-22(30)13-7-18/h6-7,10-15,19,21,24H,4-5,8-9,16-17H2,1-3H3,(H2,31,38)(H,32,40)(H,33,34,35,36)/t19-,21-,24?. The summed E-state index contributed by atoms with van der Waals surface area (Å²) in [5, 5.41) is 16.9. The number of alkyl carbamates (subject to hydrolysis) is 1. The summed E-state index contributed by atoms with van der Waals surface area (Å²) in [6.45, 7) is 5.96. The molecule has 11 nitrogen and oxygen atoms in total. The SMILES string of the molecule is CC(C)(C)OC(=O)NC[C@H]1CC[C@H](C(=O)N(c2ccc(-c3nn[nH]n3)cc2)C(Cc2ccc(Br)cc2)C(N)=O)CC1. The van der Waals surface area contributed by atoms with Gasteiger partial charge < -0.3 is 15.8 Å². The highest BCUT2D eigenvalue weighted by Crippen LogP contribution is 2.33. The summed E-state index contributed by atoms with van der Waals surface area (Å²) >= 11 is 3.44. The van der Waals surface area contributed by atoms with Crippen molar-refractivity contribution >= 4 is 39.5 Å². The molecule has 0 saturated heterocycles. The Balaban J connectivity index is 1.51. The second-order valence-electron chi connectivity index (χ2n) is 11.3. The number of carbonyl (C=O) groups excluding carboxylic acids is 3. The molecule has 3 aromatic rings. The number of aromatic amines is 1. The van der Waals surface area contributed by atoms with E-state index in [0.717, 1.165) is 28.4 Å². The maximum Gasteiger partial charge on any atom is 0.407 e. The van der Waals surface area contributed by atoms with E-state index in [1.165, 1.54) is 0 Å². The molecule has 1 aromatic heterocycles. The molecule has 0 aliphatic heterocycles. The lowest BCUT2D eigenvalue weighted by Gasteiger charge is -2.36. The molecule has 1 fully saturated rings. The molecule has 41 heavy (non-hydrogen) atoms. The van der Waals surface area contributed by atoms with Gasteiger partial charge in [-0.3, -0.25) is 14.5 Å². The molecule has 4 rings (SSSR count). The number of nitrogens with one attached hydrogen (secondary N) is 2. The molecule has 2 aromatic carbocycles. The number of nitrogens with two attached hydrogens (primary N) is 1. The van der Waals surface area contributed by atoms with E-state index in [-0.39, 0.29) is 24.2 Å². The fourth-order valence-corrected chi connectivity index (χ4v) is 5.30. The molecular weight excluding hydrogens is 590 g/mol. The summed E-state index contributed by atoms with van der Waals surface area (Å²) in [4.78, 5) is 40.6. The van der Waals surface area contributed by atoms with E-state index in [1.54, 1.807) is 29.2 Å². The Morgan fingerprint density at radius 2 is 1.73 bits per heavy atom. The van der Waals surface area contributed by atoms with Crippen molar-refractivity contribution in [1.82, 2.24) is 25.9 Å². The number of primary amides is 1. The monoisotopic (exact) mass is 625 g/mol. The number of amides is 3. The van der Waals surface area contributed by atoms with Crippen LogP contribution < -0.4 is 16.0 Å². The Bertz CT molecular complexity index is 1320. The molecular formula is C29H36BrN7O4. The molecule has 218 valence electrons. The number of ether oxygens (including phenoxy) is 1. The smallest absolute Gasteiger partial charge is 0.407 e. The molecule has 0 spiro atoms. The van der Waals surface area contributed by atoms with Crippen molar-refractivity contribution in [2.24, 2.45) is 17.6 Å². The van der Waals surface area contributed by atoms with Gasteiger partial charge in [0.2, 0.25) is 17.6 Å². The molecule has 3 amide bonds. The first-order valence-corrected chi connectivity index (χ1v) is 14.5. The Hall–Kier alpha value is -3.80. The number of hydrogen-bond donors (Lipinski definition) is 3. The van der Waals surface area contributed by atoms with Crippen LogP contribution in [-0.2, 0) is 20.7 Å². The van der Waals surface area contributed by atoms with Gasteiger partial charge in [-0.25, -0.2) is 4.79 Å². The predicted octanol–water partition coefficient (Wildman–Crippen LogP) is 4.39. The van der Waals surface area contributed by atoms with Gasteiger partial charge in [-0.2, -0.15) is 5.21 Å². The van der Waals surface area contributed by atoms with Crippen molar-refractivity contribution in [1.29, 1.82) is 0 Å². The first kappa shape index (κ1) is 30.2. The molecule has 1 heterocycles. The number of tetrazole rings is 1. The second kappa shape index (κ2) is 13.2. The van der Waals surface area contributed by atoms with E-state index >= 15 is 0 Å². The molecule has 0 radical (unpaired) electrons. The van der Waals surface area contributed by atoms with E-state index in [1.807, 2.05) is 45.0 Å². The average molecular weight is 627 g/mol. The highest BCUT2D eigenvalue weighted by Gasteiger charge is 2.36. The third-order valence-corrected chi connectivity index (χ3v) is 7.63. The molecule has 12 heteroatoms. The minimum atomic E-state index is -0.883. The number of halogens is 1. The van der Waals surface area contributed by atoms with Crippen LogP contribution in [-0.4, -0.2) is 56.7 Å². The zero-order chi connectivity index (χ0) is 29.6. The summed E-state index contributed by atoms with van der Waals surface area (Å²) < 4.78 is 6.25. The normalized spacial score (nSPS) is 17.9. The largest absolute Gasteiger partial charge is 0.444 e. The zero-order valence-electron chi connectivity index (χ0n) is 23.5. The summed E-state index contributed by atoms with van der Waals surface area (Å²) in [6, 6.07) is 13.9. The zero-order valence-corrected chi connectivity index (χ0v) is 25.1. The van der Waals surface area contributed by atoms with Crippen LogP contribution in [0.3, 0.4) is 0 Å². The molecule has 1 aliphatic carbocycles. The molecule has 1 unspecified atom stereocenters. The van der Waals surface area contributed by atoms with Crippen molar-refractivity contribution in [3.05, 3.63) is 58.6 Å². The number of hydrogen-bond acceptors (Lipinski definition) is 7. The lowest BCUT2D eigenvalue weighted by atomic mass is 9.81. The lowest BCUT2D eigenvalue weighted by Crippen LogP contribution is -2.52. The van der Waals surface area contributed by atoms with Crippen molar-refractivity contribution in [3.63, 3.8) is 0 Å². The molecule has 1 aliphatic rings. The number of anilines is 1. The first-order chi connectivity index (χ1) is 19.5. The van der Waals surface area contributed by atoms with Gasteiger partial charge in [0.05, 0.1) is 0 Å². The van der Waals surface area contributed by atoms with Crippen LogP contribution >= 0.6 is 15.9 Å². The van der Waals surface area contributed by atoms with E-state index in [0.29, 0.717) is 30.9 Å². The van der Waals surface area contributed by atoms with Gasteiger partial charge in [-0.05, 0) is 99.5 Å². The minimum absolute atomic E-state index is 0.142. The van der Waals surface area contributed by atoms with E-state index in [9.17, 15) is 14.4 Å². The van der Waals surface area contributed by atoms with Gasteiger partial charge in [0.15, 0.2) is 0 Å². The fraction of sp³-hybridized carbons (Fsp3) is 0.448. The molecule has 4 N–H and O–H groups in total. The first-order valence-electron chi connectivity index (χ1n) is 13.7. The fourth-order valence-electron chi connectivity index (χ4n) is 5.03. The van der Waals surface area contributed by atoms with Crippen molar-refractivity contribution in [2.75, 3.05) is 11.4 Å². The van der Waals surface area contributed by atoms with Crippen LogP contribution in [0.5, 0.6) is 0 Å². The van der Waals surface area contributed by atoms with Crippen LogP contribution in [0.25, 0.3) is 11.4 Å². The molecule has 1 saturated carbocycles. The number of rotatable bonds is 9. The van der Waals surface area contributed by atoms with Gasteiger partial charge in [0.1, 0.15) is 11.6 Å². The molecule has 1 atom stereocenters. The quantitative estimate of drug-likeness (QED) is 0.318. The molecule has 0 bridgehead atoms. The van der Waals surface area contributed by atoms with Crippen LogP contribution in [0.1, 0.15) is 52.0 Å². The Kier molecular flexibility index (Phi) is 9.74. The van der Waals surface area contributed by atoms with Gasteiger partial charge in [0, 0.05) is 34.6 Å². The summed E-state index contributed by atoms with van der Waals surface area (Å²) in [6.07, 6.45) is 2.65. The summed E-state index contributed by atoms with van der Waals surface area (Å²) in [7, 11) is 0. The van der Waals surface area contributed by atoms with Crippen LogP contribution in [0.15, 0.2) is 53.0 Å². The Morgan fingerprint density at radius 3 is 2.29 bits per heavy atom. The summed E-state index contributed by atoms with van der Waals surface area (Å²) in [5.74, 6) is -0.343. The lowest BCUT2D eigenvalue weighted by molar-refractivity contribution is -0.127. The van der Waals surface area contributed by atoms with Crippen molar-refractivity contribution in [3.8, 4) is 11.4 Å². The van der Waals surface area contributed by atoms with Crippen LogP contribution in [0.2, 0.25) is 0 Å². The van der Waals surface area contributed by atoms with Gasteiger partial charge in [0.25, 0.3) is 0 Å². The Labute approximate surface area is 247 Å². The number of carbonyl (C=O) groups is 3. The Morgan fingerprint density at radius 1 is 1.07 bits per heavy atom. The summed E-state index contributed by atoms with van der Waals surface area (Å²) in [5.41, 5.74) is 7.54. The van der Waals surface area contributed by atoms with E-state index < -0.39 is 23.6 Å². The highest BCUT2D eigenvalue weighted by molar-refractivity contribution is 9.10. The van der Waals surface area contributed by atoms with Crippen LogP contribution in [0.4, 0.5) is 10.5 Å². The average Bonchev–Trinajstić information content (AvgIpc) is 3.47. The second-order valence-corrected chi connectivity index (χ2v) is 12.3. The number of H-pyrrole nitrogens is 1. The van der Waals surface area contributed by atoms with Gasteiger partial charge in [-0.15, -0.1) is 10.2 Å². The highest BCUT2D eigenvalue weighted by atomic mass is 79.9. The number of nitrogens with zero attached hydrogens (tertiary/aromatic N) is 4. The topological polar surface area (TPSA) is 156 Å². The van der Waals surface area contributed by atoms with Crippen molar-refractivity contribution in [2.45, 2.75) is 64.5 Å². The van der Waals surface area contributed by atoms with E-state index in [4.69, 9.17) is 10.5 Å². The van der Waals surface area contributed by atoms with Gasteiger partial charge >= 0.3 is 6.09 Å². The number of aromatic nitrogens is 4. The third kappa shape index (κ3) is 8.35. The van der Waals surface area contributed by atoms with Crippen molar-refractivity contribution < 1.29 is 19.1 Å². The number of benzene rings is 2. The third-order valence-electron chi connectivity index (χ3n) is 7.10. The minimum Gasteiger partial charge on any atom is -0.444 e. The van der Waals surface area contributed by atoms with Crippen LogP contribution in [0, 0.1) is 11.8 Å².